The lowest BCUT2D eigenvalue weighted by atomic mass is 9.21. The normalized spacial score (nSPS) is 57.9. The van der Waals surface area contributed by atoms with E-state index >= 15 is 0 Å². The summed E-state index contributed by atoms with van der Waals surface area (Å²) < 4.78 is 0. The van der Waals surface area contributed by atoms with E-state index < -0.39 is 0 Å². The zero-order valence-corrected chi connectivity index (χ0v) is 5.30. The number of rotatable bonds is 0. The van der Waals surface area contributed by atoms with E-state index in [-0.39, 0.29) is 0 Å². The first-order valence-corrected chi connectivity index (χ1v) is 3.78. The van der Waals surface area contributed by atoms with Crippen LogP contribution in [0.4, 0.5) is 0 Å². The van der Waals surface area contributed by atoms with E-state index in [1.54, 1.807) is 0 Å². The lowest BCUT2D eigenvalue weighted by Gasteiger charge is -2.48. The molecule has 2 aliphatic carbocycles. The zero-order valence-electron chi connectivity index (χ0n) is 5.30. The van der Waals surface area contributed by atoms with E-state index in [0.717, 1.165) is 17.0 Å². The van der Waals surface area contributed by atoms with Gasteiger partial charge in [-0.05, 0) is 23.5 Å². The summed E-state index contributed by atoms with van der Waals surface area (Å²) in [5, 5.41) is 8.65. The van der Waals surface area contributed by atoms with Crippen LogP contribution in [-0.4, -0.2) is 6.71 Å². The molecular formula is C7H8BN. The summed E-state index contributed by atoms with van der Waals surface area (Å²) in [6, 6.07) is 0. The molecule has 3 fully saturated rings. The second-order valence-electron chi connectivity index (χ2n) is 3.84. The molecule has 3 rings (SSSR count). The summed E-state index contributed by atoms with van der Waals surface area (Å²) in [5.41, 5.74) is 0.778. The van der Waals surface area contributed by atoms with Crippen LogP contribution in [0.3, 0.4) is 0 Å². The van der Waals surface area contributed by atoms with Gasteiger partial charge in [0.05, 0.1) is 0 Å². The zero-order chi connectivity index (χ0) is 6.06. The Morgan fingerprint density at radius 2 is 2.44 bits per heavy atom. The van der Waals surface area contributed by atoms with Gasteiger partial charge in [0.15, 0.2) is 0 Å². The fourth-order valence-corrected chi connectivity index (χ4v) is 3.11. The molecule has 9 heavy (non-hydrogen) atoms. The Labute approximate surface area is 55.1 Å². The topological polar surface area (TPSA) is 23.8 Å². The molecule has 0 aromatic rings. The maximum atomic E-state index is 8.65. The molecule has 3 atom stereocenters. The van der Waals surface area contributed by atoms with Crippen molar-refractivity contribution < 1.29 is 0 Å². The molecule has 0 aromatic heterocycles. The highest BCUT2D eigenvalue weighted by molar-refractivity contribution is 6.75. The third-order valence-corrected chi connectivity index (χ3v) is 3.85. The SMILES string of the molecule is N#CB1C2CCC23CC13. The van der Waals surface area contributed by atoms with Gasteiger partial charge in [0.1, 0.15) is 0 Å². The molecule has 1 nitrogen and oxygen atoms in total. The molecule has 0 N–H and O–H groups in total. The van der Waals surface area contributed by atoms with Crippen LogP contribution in [0, 0.1) is 16.6 Å². The lowest BCUT2D eigenvalue weighted by Crippen LogP contribution is -2.46. The molecule has 3 aliphatic rings. The van der Waals surface area contributed by atoms with Gasteiger partial charge in [-0.15, -0.1) is 0 Å². The first kappa shape index (κ1) is 4.38. The summed E-state index contributed by atoms with van der Waals surface area (Å²) in [7, 11) is 0. The summed E-state index contributed by atoms with van der Waals surface area (Å²) in [5.74, 6) is 4.14. The van der Waals surface area contributed by atoms with Gasteiger partial charge in [-0.2, -0.15) is 0 Å². The molecule has 0 aromatic carbocycles. The van der Waals surface area contributed by atoms with Crippen LogP contribution in [0.2, 0.25) is 11.6 Å². The van der Waals surface area contributed by atoms with Crippen LogP contribution in [0.5, 0.6) is 0 Å². The molecule has 3 unspecified atom stereocenters. The van der Waals surface area contributed by atoms with Crippen molar-refractivity contribution in [1.29, 1.82) is 5.26 Å². The number of nitrogens with zero attached hydrogens (tertiary/aromatic N) is 1. The minimum Gasteiger partial charge on any atom is -0.213 e. The standard InChI is InChI=1S/C7H8BN/c9-4-8-5-1-2-7(5)3-6(7)8/h5-6H,1-3H2. The summed E-state index contributed by atoms with van der Waals surface area (Å²) >= 11 is 0. The first-order valence-electron chi connectivity index (χ1n) is 3.78. The number of hydrogen-bond donors (Lipinski definition) is 0. The highest BCUT2D eigenvalue weighted by atomic mass is 14.7. The van der Waals surface area contributed by atoms with Crippen LogP contribution >= 0.6 is 0 Å². The van der Waals surface area contributed by atoms with Crippen molar-refractivity contribution in [2.45, 2.75) is 30.9 Å². The molecule has 1 heterocycles. The fourth-order valence-electron chi connectivity index (χ4n) is 3.11. The van der Waals surface area contributed by atoms with E-state index in [9.17, 15) is 0 Å². The Kier molecular flexibility index (Phi) is 0.459. The van der Waals surface area contributed by atoms with Gasteiger partial charge in [-0.25, -0.2) is 5.26 Å². The molecule has 2 heteroatoms. The Morgan fingerprint density at radius 1 is 1.56 bits per heavy atom. The number of hydrogen-bond acceptors (Lipinski definition) is 1. The van der Waals surface area contributed by atoms with Crippen LogP contribution in [0.15, 0.2) is 0 Å². The number of nitriles is 1. The smallest absolute Gasteiger partial charge is 0.213 e. The van der Waals surface area contributed by atoms with E-state index in [1.807, 2.05) is 0 Å². The predicted molar refractivity (Wildman–Crippen MR) is 35.2 cm³/mol. The maximum Gasteiger partial charge on any atom is 0.275 e. The van der Waals surface area contributed by atoms with E-state index in [4.69, 9.17) is 5.26 Å². The van der Waals surface area contributed by atoms with Crippen LogP contribution in [0.1, 0.15) is 19.3 Å². The van der Waals surface area contributed by atoms with E-state index in [1.165, 1.54) is 19.3 Å². The van der Waals surface area contributed by atoms with Crippen molar-refractivity contribution in [3.63, 3.8) is 0 Å². The van der Waals surface area contributed by atoms with E-state index in [2.05, 4.69) is 5.97 Å². The van der Waals surface area contributed by atoms with Crippen molar-refractivity contribution in [3.05, 3.63) is 0 Å². The second-order valence-corrected chi connectivity index (χ2v) is 3.84. The molecule has 1 saturated heterocycles. The summed E-state index contributed by atoms with van der Waals surface area (Å²) in [6.07, 6.45) is 4.20. The van der Waals surface area contributed by atoms with E-state index in [0.29, 0.717) is 6.71 Å². The molecule has 0 radical (unpaired) electrons. The minimum atomic E-state index is 0.485. The van der Waals surface area contributed by atoms with Crippen molar-refractivity contribution in [1.82, 2.24) is 0 Å². The summed E-state index contributed by atoms with van der Waals surface area (Å²) in [4.78, 5) is 0. The third-order valence-electron chi connectivity index (χ3n) is 3.85. The Morgan fingerprint density at radius 3 is 2.67 bits per heavy atom. The van der Waals surface area contributed by atoms with Gasteiger partial charge < -0.3 is 0 Å². The van der Waals surface area contributed by atoms with Gasteiger partial charge in [0, 0.05) is 5.97 Å². The Bertz CT molecular complexity index is 219. The van der Waals surface area contributed by atoms with Crippen molar-refractivity contribution in [2.75, 3.05) is 0 Å². The van der Waals surface area contributed by atoms with Crippen molar-refractivity contribution in [2.24, 2.45) is 5.41 Å². The second kappa shape index (κ2) is 0.943. The van der Waals surface area contributed by atoms with Crippen molar-refractivity contribution >= 4 is 6.71 Å². The highest BCUT2D eigenvalue weighted by Crippen LogP contribution is 2.86. The van der Waals surface area contributed by atoms with Gasteiger partial charge in [0.25, 0.3) is 6.71 Å². The maximum absolute atomic E-state index is 8.65. The van der Waals surface area contributed by atoms with Crippen molar-refractivity contribution in [3.8, 4) is 5.97 Å². The fraction of sp³-hybridized carbons (Fsp3) is 0.857. The van der Waals surface area contributed by atoms with Gasteiger partial charge in [-0.3, -0.25) is 0 Å². The third kappa shape index (κ3) is 0.250. The Balaban J connectivity index is 1.95. The average Bonchev–Trinajstić information content (AvgIpc) is 2.54. The Hall–Kier alpha value is -0.445. The largest absolute Gasteiger partial charge is 0.275 e. The van der Waals surface area contributed by atoms with Gasteiger partial charge in [-0.1, -0.05) is 12.8 Å². The predicted octanol–water partition coefficient (Wildman–Crippen LogP) is 1.48. The molecule has 0 bridgehead atoms. The molecule has 1 spiro atoms. The molecule has 2 saturated carbocycles. The summed E-state index contributed by atoms with van der Waals surface area (Å²) in [6.45, 7) is 0.485. The van der Waals surface area contributed by atoms with Crippen LogP contribution < -0.4 is 0 Å². The molecule has 1 aliphatic heterocycles. The molecule has 44 valence electrons. The quantitative estimate of drug-likeness (QED) is 0.441. The first-order chi connectivity index (χ1) is 4.38. The van der Waals surface area contributed by atoms with Gasteiger partial charge >= 0.3 is 0 Å². The monoisotopic (exact) mass is 117 g/mol. The van der Waals surface area contributed by atoms with Crippen LogP contribution in [-0.2, 0) is 0 Å². The van der Waals surface area contributed by atoms with Crippen LogP contribution in [0.25, 0.3) is 0 Å². The molecule has 0 amide bonds. The highest BCUT2D eigenvalue weighted by Gasteiger charge is 2.79. The van der Waals surface area contributed by atoms with Gasteiger partial charge in [0.2, 0.25) is 0 Å². The minimum absolute atomic E-state index is 0.485. The lowest BCUT2D eigenvalue weighted by molar-refractivity contribution is 0.252. The molecular weight excluding hydrogens is 109 g/mol. The average molecular weight is 117 g/mol.